The Hall–Kier alpha value is -4.46. The number of anilines is 1. The molecular weight excluding hydrogens is 412 g/mol. The first-order chi connectivity index (χ1) is 15.3. The third-order valence-corrected chi connectivity index (χ3v) is 5.19. The number of aromatic carboxylic acids is 1. The van der Waals surface area contributed by atoms with Crippen LogP contribution in [0.3, 0.4) is 0 Å². The molecule has 3 N–H and O–H groups in total. The molecular formula is C24H18N2O6. The topological polar surface area (TPSA) is 124 Å². The van der Waals surface area contributed by atoms with Crippen LogP contribution >= 0.6 is 0 Å². The lowest BCUT2D eigenvalue weighted by molar-refractivity contribution is 0.0652. The Morgan fingerprint density at radius 3 is 2.22 bits per heavy atom. The Bertz CT molecular complexity index is 1250. The first kappa shape index (κ1) is 20.8. The highest BCUT2D eigenvalue weighted by atomic mass is 16.4. The zero-order valence-corrected chi connectivity index (χ0v) is 16.7. The number of imide groups is 1. The molecule has 0 aliphatic carbocycles. The quantitative estimate of drug-likeness (QED) is 0.408. The molecule has 160 valence electrons. The maximum Gasteiger partial charge on any atom is 0.335 e. The molecule has 0 saturated carbocycles. The Morgan fingerprint density at radius 2 is 1.53 bits per heavy atom. The van der Waals surface area contributed by atoms with Crippen LogP contribution < -0.4 is 5.32 Å². The second-order valence-corrected chi connectivity index (χ2v) is 7.25. The molecule has 0 aromatic heterocycles. The number of rotatable bonds is 6. The standard InChI is InChI=1S/C24H18N2O6/c27-20-13-16(24(31)32)7-9-19(20)25-21(28)15-6-8-17-18(12-15)23(30)26(22(17)29)11-10-14-4-2-1-3-5-14/h1-9,12-13,27H,10-11H2,(H,25,28)(H,31,32). The number of phenols is 1. The van der Waals surface area contributed by atoms with Crippen LogP contribution in [0, 0.1) is 0 Å². The number of carboxylic acids is 1. The Labute approximate surface area is 182 Å². The summed E-state index contributed by atoms with van der Waals surface area (Å²) in [5.41, 5.74) is 1.38. The van der Waals surface area contributed by atoms with Gasteiger partial charge in [-0.1, -0.05) is 30.3 Å². The zero-order chi connectivity index (χ0) is 22.8. The number of phenolic OH excluding ortho intramolecular Hbond substituents is 1. The van der Waals surface area contributed by atoms with Crippen LogP contribution in [0.5, 0.6) is 5.75 Å². The predicted molar refractivity (Wildman–Crippen MR) is 115 cm³/mol. The molecule has 8 heteroatoms. The molecule has 0 fully saturated rings. The number of hydrogen-bond donors (Lipinski definition) is 3. The van der Waals surface area contributed by atoms with Crippen molar-refractivity contribution >= 4 is 29.4 Å². The Morgan fingerprint density at radius 1 is 0.844 bits per heavy atom. The third-order valence-electron chi connectivity index (χ3n) is 5.19. The number of amides is 3. The van der Waals surface area contributed by atoms with Crippen LogP contribution in [0.25, 0.3) is 0 Å². The van der Waals surface area contributed by atoms with Crippen molar-refractivity contribution < 1.29 is 29.4 Å². The maximum absolute atomic E-state index is 12.8. The SMILES string of the molecule is O=C(O)c1ccc(NC(=O)c2ccc3c(c2)C(=O)N(CCc2ccccc2)C3=O)c(O)c1. The van der Waals surface area contributed by atoms with E-state index in [-0.39, 0.29) is 34.5 Å². The van der Waals surface area contributed by atoms with Crippen molar-refractivity contribution in [1.29, 1.82) is 0 Å². The summed E-state index contributed by atoms with van der Waals surface area (Å²) < 4.78 is 0. The minimum absolute atomic E-state index is 0.0207. The van der Waals surface area contributed by atoms with Crippen LogP contribution in [0.1, 0.15) is 47.0 Å². The van der Waals surface area contributed by atoms with Crippen LogP contribution in [0.4, 0.5) is 5.69 Å². The predicted octanol–water partition coefficient (Wildman–Crippen LogP) is 3.18. The van der Waals surface area contributed by atoms with Crippen molar-refractivity contribution in [2.75, 3.05) is 11.9 Å². The molecule has 0 bridgehead atoms. The van der Waals surface area contributed by atoms with Crippen molar-refractivity contribution in [2.45, 2.75) is 6.42 Å². The van der Waals surface area contributed by atoms with Crippen molar-refractivity contribution in [3.63, 3.8) is 0 Å². The molecule has 8 nitrogen and oxygen atoms in total. The lowest BCUT2D eigenvalue weighted by atomic mass is 10.1. The normalized spacial score (nSPS) is 12.6. The largest absolute Gasteiger partial charge is 0.506 e. The summed E-state index contributed by atoms with van der Waals surface area (Å²) in [5, 5.41) is 21.4. The van der Waals surface area contributed by atoms with Crippen molar-refractivity contribution in [3.05, 3.63) is 94.5 Å². The summed E-state index contributed by atoms with van der Waals surface area (Å²) in [4.78, 5) is 50.2. The Kier molecular flexibility index (Phi) is 5.43. The van der Waals surface area contributed by atoms with Gasteiger partial charge in [0.25, 0.3) is 17.7 Å². The summed E-state index contributed by atoms with van der Waals surface area (Å²) >= 11 is 0. The summed E-state index contributed by atoms with van der Waals surface area (Å²) in [5.74, 6) is -3.11. The molecule has 3 amide bonds. The molecule has 0 spiro atoms. The highest BCUT2D eigenvalue weighted by Gasteiger charge is 2.35. The van der Waals surface area contributed by atoms with E-state index in [0.29, 0.717) is 6.42 Å². The van der Waals surface area contributed by atoms with Crippen molar-refractivity contribution in [3.8, 4) is 5.75 Å². The molecule has 1 aliphatic rings. The fraction of sp³-hybridized carbons (Fsp3) is 0.0833. The van der Waals surface area contributed by atoms with Gasteiger partial charge in [0.1, 0.15) is 5.75 Å². The van der Waals surface area contributed by atoms with Crippen LogP contribution in [-0.2, 0) is 6.42 Å². The van der Waals surface area contributed by atoms with E-state index in [1.54, 1.807) is 0 Å². The van der Waals surface area contributed by atoms with Gasteiger partial charge in [-0.05, 0) is 48.4 Å². The smallest absolute Gasteiger partial charge is 0.335 e. The molecule has 0 unspecified atom stereocenters. The number of benzene rings is 3. The lowest BCUT2D eigenvalue weighted by Crippen LogP contribution is -2.31. The van der Waals surface area contributed by atoms with Gasteiger partial charge in [0.05, 0.1) is 22.4 Å². The number of nitrogens with one attached hydrogen (secondary N) is 1. The lowest BCUT2D eigenvalue weighted by Gasteiger charge is -2.13. The van der Waals surface area contributed by atoms with Gasteiger partial charge in [-0.3, -0.25) is 19.3 Å². The van der Waals surface area contributed by atoms with Crippen LogP contribution in [-0.4, -0.2) is 45.3 Å². The molecule has 0 atom stereocenters. The molecule has 1 heterocycles. The van der Waals surface area contributed by atoms with E-state index in [2.05, 4.69) is 5.32 Å². The van der Waals surface area contributed by atoms with Gasteiger partial charge in [-0.25, -0.2) is 4.79 Å². The van der Waals surface area contributed by atoms with E-state index < -0.39 is 29.4 Å². The average molecular weight is 430 g/mol. The first-order valence-corrected chi connectivity index (χ1v) is 9.77. The number of nitrogens with zero attached hydrogens (tertiary/aromatic N) is 1. The number of carbonyl (C=O) groups is 4. The summed E-state index contributed by atoms with van der Waals surface area (Å²) in [6.07, 6.45) is 0.519. The maximum atomic E-state index is 12.8. The van der Waals surface area contributed by atoms with E-state index in [1.165, 1.54) is 30.3 Å². The fourth-order valence-corrected chi connectivity index (χ4v) is 3.49. The fourth-order valence-electron chi connectivity index (χ4n) is 3.49. The second kappa shape index (κ2) is 8.35. The number of carbonyl (C=O) groups excluding carboxylic acids is 3. The highest BCUT2D eigenvalue weighted by Crippen LogP contribution is 2.27. The molecule has 3 aromatic carbocycles. The number of carboxylic acid groups (broad SMARTS) is 1. The molecule has 3 aromatic rings. The molecule has 1 aliphatic heterocycles. The van der Waals surface area contributed by atoms with Crippen molar-refractivity contribution in [2.24, 2.45) is 0 Å². The van der Waals surface area contributed by atoms with Gasteiger partial charge in [-0.15, -0.1) is 0 Å². The molecule has 32 heavy (non-hydrogen) atoms. The van der Waals surface area contributed by atoms with E-state index in [4.69, 9.17) is 5.11 Å². The van der Waals surface area contributed by atoms with Gasteiger partial charge in [0.2, 0.25) is 0 Å². The summed E-state index contributed by atoms with van der Waals surface area (Å²) in [6, 6.07) is 17.2. The number of hydrogen-bond acceptors (Lipinski definition) is 5. The van der Waals surface area contributed by atoms with Gasteiger partial charge in [0, 0.05) is 12.1 Å². The zero-order valence-electron chi connectivity index (χ0n) is 16.7. The molecule has 0 radical (unpaired) electrons. The van der Waals surface area contributed by atoms with Crippen LogP contribution in [0.2, 0.25) is 0 Å². The van der Waals surface area contributed by atoms with E-state index in [1.807, 2.05) is 30.3 Å². The van der Waals surface area contributed by atoms with Crippen LogP contribution in [0.15, 0.2) is 66.7 Å². The number of aromatic hydroxyl groups is 1. The molecule has 4 rings (SSSR count). The average Bonchev–Trinajstić information content (AvgIpc) is 3.03. The van der Waals surface area contributed by atoms with E-state index in [0.717, 1.165) is 16.5 Å². The molecule has 0 saturated heterocycles. The highest BCUT2D eigenvalue weighted by molar-refractivity contribution is 6.22. The van der Waals surface area contributed by atoms with Gasteiger partial charge >= 0.3 is 5.97 Å². The monoisotopic (exact) mass is 430 g/mol. The van der Waals surface area contributed by atoms with Crippen molar-refractivity contribution in [1.82, 2.24) is 4.90 Å². The number of fused-ring (bicyclic) bond motifs is 1. The van der Waals surface area contributed by atoms with E-state index >= 15 is 0 Å². The summed E-state index contributed by atoms with van der Waals surface area (Å²) in [6.45, 7) is 0.224. The first-order valence-electron chi connectivity index (χ1n) is 9.77. The van der Waals surface area contributed by atoms with Gasteiger partial charge < -0.3 is 15.5 Å². The van der Waals surface area contributed by atoms with Gasteiger partial charge in [0.15, 0.2) is 0 Å². The minimum Gasteiger partial charge on any atom is -0.506 e. The minimum atomic E-state index is -1.21. The summed E-state index contributed by atoms with van der Waals surface area (Å²) in [7, 11) is 0. The second-order valence-electron chi connectivity index (χ2n) is 7.25. The Balaban J connectivity index is 1.50. The van der Waals surface area contributed by atoms with E-state index in [9.17, 15) is 24.3 Å². The third kappa shape index (κ3) is 3.93. The van der Waals surface area contributed by atoms with Gasteiger partial charge in [-0.2, -0.15) is 0 Å².